The Morgan fingerprint density at radius 2 is 1.71 bits per heavy atom. The monoisotopic (exact) mass is 680 g/mol. The summed E-state index contributed by atoms with van der Waals surface area (Å²) < 4.78 is 35.5. The van der Waals surface area contributed by atoms with Crippen molar-refractivity contribution >= 4 is 45.9 Å². The van der Waals surface area contributed by atoms with Crippen LogP contribution in [0, 0.1) is 23.5 Å². The second-order valence-corrected chi connectivity index (χ2v) is 14.9. The number of imide groups is 1. The van der Waals surface area contributed by atoms with Gasteiger partial charge in [0.25, 0.3) is 5.56 Å². The minimum atomic E-state index is -0.605. The van der Waals surface area contributed by atoms with Crippen molar-refractivity contribution in [2.75, 3.05) is 49.5 Å². The predicted molar refractivity (Wildman–Crippen MR) is 182 cm³/mol. The van der Waals surface area contributed by atoms with Crippen LogP contribution in [0.15, 0.2) is 35.1 Å². The molecule has 0 bridgehead atoms. The minimum absolute atomic E-state index is 0.0240. The molecule has 10 nitrogen and oxygen atoms in total. The van der Waals surface area contributed by atoms with Gasteiger partial charge in [-0.05, 0) is 88.1 Å². The Bertz CT molecular complexity index is 1720. The molecule has 48 heavy (non-hydrogen) atoms. The first-order valence-electron chi connectivity index (χ1n) is 17.1. The van der Waals surface area contributed by atoms with Crippen LogP contribution in [0.1, 0.15) is 57.2 Å². The third-order valence-electron chi connectivity index (χ3n) is 9.96. The van der Waals surface area contributed by atoms with Crippen LogP contribution < -0.4 is 25.8 Å². The Hall–Kier alpha value is -3.71. The van der Waals surface area contributed by atoms with E-state index in [1.165, 1.54) is 12.1 Å². The Kier molecular flexibility index (Phi) is 9.85. The van der Waals surface area contributed by atoms with Gasteiger partial charge in [-0.1, -0.05) is 0 Å². The number of aromatic amines is 1. The number of amides is 2. The molecular formula is C35H42F2N6O4S. The molecule has 4 aliphatic rings. The van der Waals surface area contributed by atoms with Crippen LogP contribution in [-0.4, -0.2) is 77.3 Å². The highest BCUT2D eigenvalue weighted by Crippen LogP contribution is 2.32. The maximum Gasteiger partial charge on any atom is 0.261 e. The first-order chi connectivity index (χ1) is 23.3. The molecule has 4 heterocycles. The maximum atomic E-state index is 15.1. The van der Waals surface area contributed by atoms with Gasteiger partial charge in [-0.15, -0.1) is 0 Å². The number of fused-ring (bicyclic) bond motifs is 1. The van der Waals surface area contributed by atoms with E-state index >= 15 is 4.39 Å². The van der Waals surface area contributed by atoms with Crippen molar-refractivity contribution in [3.63, 3.8) is 0 Å². The lowest BCUT2D eigenvalue weighted by molar-refractivity contribution is -0.133. The van der Waals surface area contributed by atoms with Gasteiger partial charge in [-0.3, -0.25) is 19.7 Å². The topological polar surface area (TPSA) is 120 Å². The quantitative estimate of drug-likeness (QED) is 0.245. The standard InChI is InChI=1S/C35H42F2N6O4S/c36-26-15-23(38-28-4-6-32(44)41-34(28)45)3-5-30(26)43-13-7-21(8-14-43)18-42-11-9-25(10-12-42)48-20-31-39-29-17-24(47-19-22-1-2-22)16-27(37)33(29)35(46)40-31/h3,5,15-17,21-22,25,28,38H,1-2,4,6-14,18-20H2,(H,39,40,46)(H,41,44,45). The fourth-order valence-electron chi connectivity index (χ4n) is 6.96. The number of piperidine rings is 3. The van der Waals surface area contributed by atoms with Gasteiger partial charge < -0.3 is 24.8 Å². The number of carbonyl (C=O) groups excluding carboxylic acids is 2. The van der Waals surface area contributed by atoms with Crippen molar-refractivity contribution in [2.45, 2.75) is 68.4 Å². The summed E-state index contributed by atoms with van der Waals surface area (Å²) in [7, 11) is 0. The summed E-state index contributed by atoms with van der Waals surface area (Å²) >= 11 is 1.79. The number of thioether (sulfide) groups is 1. The average molecular weight is 681 g/mol. The molecule has 1 unspecified atom stereocenters. The fraction of sp³-hybridized carbons (Fsp3) is 0.543. The zero-order chi connectivity index (χ0) is 33.2. The lowest BCUT2D eigenvalue weighted by Crippen LogP contribution is -2.47. The number of carbonyl (C=O) groups is 2. The number of hydrogen-bond donors (Lipinski definition) is 3. The first kappa shape index (κ1) is 32.8. The molecule has 13 heteroatoms. The van der Waals surface area contributed by atoms with E-state index in [-0.39, 0.29) is 29.4 Å². The lowest BCUT2D eigenvalue weighted by Gasteiger charge is -2.38. The molecule has 3 N–H and O–H groups in total. The number of H-pyrrole nitrogens is 1. The number of nitrogens with one attached hydrogen (secondary N) is 3. The second-order valence-electron chi connectivity index (χ2n) is 13.6. The Balaban J connectivity index is 0.846. The summed E-state index contributed by atoms with van der Waals surface area (Å²) in [4.78, 5) is 48.1. The van der Waals surface area contributed by atoms with E-state index in [0.29, 0.717) is 64.3 Å². The van der Waals surface area contributed by atoms with Gasteiger partial charge in [0.05, 0.1) is 23.6 Å². The van der Waals surface area contributed by atoms with Crippen LogP contribution in [0.25, 0.3) is 10.9 Å². The van der Waals surface area contributed by atoms with Gasteiger partial charge >= 0.3 is 0 Å². The van der Waals surface area contributed by atoms with E-state index in [1.54, 1.807) is 30.0 Å². The summed E-state index contributed by atoms with van der Waals surface area (Å²) in [6.45, 7) is 5.23. The summed E-state index contributed by atoms with van der Waals surface area (Å²) in [5.74, 6) is 1.07. The zero-order valence-corrected chi connectivity index (χ0v) is 27.8. The molecule has 256 valence electrons. The normalized spacial score (nSPS) is 21.5. The average Bonchev–Trinajstić information content (AvgIpc) is 3.90. The molecule has 1 aliphatic carbocycles. The number of hydrogen-bond acceptors (Lipinski definition) is 9. The molecule has 0 spiro atoms. The number of aromatic nitrogens is 2. The van der Waals surface area contributed by atoms with Gasteiger partial charge in [0, 0.05) is 49.1 Å². The molecule has 1 saturated carbocycles. The van der Waals surface area contributed by atoms with Gasteiger partial charge in [0.2, 0.25) is 11.8 Å². The van der Waals surface area contributed by atoms with E-state index in [2.05, 4.69) is 30.4 Å². The van der Waals surface area contributed by atoms with E-state index in [0.717, 1.165) is 71.2 Å². The van der Waals surface area contributed by atoms with Gasteiger partial charge in [-0.25, -0.2) is 13.8 Å². The molecule has 7 rings (SSSR count). The minimum Gasteiger partial charge on any atom is -0.493 e. The smallest absolute Gasteiger partial charge is 0.261 e. The predicted octanol–water partition coefficient (Wildman–Crippen LogP) is 4.82. The highest BCUT2D eigenvalue weighted by Gasteiger charge is 2.28. The molecule has 0 radical (unpaired) electrons. The largest absolute Gasteiger partial charge is 0.493 e. The highest BCUT2D eigenvalue weighted by atomic mass is 32.2. The number of ether oxygens (including phenoxy) is 1. The van der Waals surface area contributed by atoms with E-state index in [9.17, 15) is 18.8 Å². The molecule has 3 aliphatic heterocycles. The van der Waals surface area contributed by atoms with Gasteiger partial charge in [-0.2, -0.15) is 11.8 Å². The third-order valence-corrected chi connectivity index (χ3v) is 11.3. The second kappa shape index (κ2) is 14.4. The Morgan fingerprint density at radius 1 is 0.917 bits per heavy atom. The Labute approximate surface area is 282 Å². The molecule has 4 fully saturated rings. The van der Waals surface area contributed by atoms with Crippen molar-refractivity contribution in [2.24, 2.45) is 11.8 Å². The molecule has 3 saturated heterocycles. The van der Waals surface area contributed by atoms with Crippen LogP contribution in [0.2, 0.25) is 0 Å². The third kappa shape index (κ3) is 7.94. The van der Waals surface area contributed by atoms with Crippen molar-refractivity contribution < 1.29 is 23.1 Å². The molecule has 1 atom stereocenters. The number of anilines is 2. The highest BCUT2D eigenvalue weighted by molar-refractivity contribution is 7.99. The van der Waals surface area contributed by atoms with Crippen molar-refractivity contribution in [1.82, 2.24) is 20.2 Å². The van der Waals surface area contributed by atoms with Crippen LogP contribution in [0.3, 0.4) is 0 Å². The Morgan fingerprint density at radius 3 is 2.44 bits per heavy atom. The number of nitrogens with zero attached hydrogens (tertiary/aromatic N) is 3. The van der Waals surface area contributed by atoms with Crippen LogP contribution in [0.4, 0.5) is 20.2 Å². The van der Waals surface area contributed by atoms with Crippen LogP contribution >= 0.6 is 11.8 Å². The maximum absolute atomic E-state index is 15.1. The summed E-state index contributed by atoms with van der Waals surface area (Å²) in [5, 5.41) is 5.81. The van der Waals surface area contributed by atoms with Crippen LogP contribution in [-0.2, 0) is 15.3 Å². The van der Waals surface area contributed by atoms with Crippen molar-refractivity contribution in [3.8, 4) is 5.75 Å². The fourth-order valence-corrected chi connectivity index (χ4v) is 8.04. The SMILES string of the molecule is O=C1CCC(Nc2ccc(N3CCC(CN4CCC(SCc5nc6cc(OCC7CC7)cc(F)c6c(=O)[nH]5)CC4)CC3)c(F)c2)C(=O)N1. The molecule has 2 amide bonds. The van der Waals surface area contributed by atoms with Crippen molar-refractivity contribution in [3.05, 3.63) is 58.1 Å². The first-order valence-corrected chi connectivity index (χ1v) is 18.2. The van der Waals surface area contributed by atoms with E-state index in [4.69, 9.17) is 4.74 Å². The van der Waals surface area contributed by atoms with Gasteiger partial charge in [0.1, 0.15) is 34.6 Å². The van der Waals surface area contributed by atoms with Crippen LogP contribution in [0.5, 0.6) is 5.75 Å². The summed E-state index contributed by atoms with van der Waals surface area (Å²) in [6, 6.07) is 7.40. The summed E-state index contributed by atoms with van der Waals surface area (Å²) in [6.07, 6.45) is 7.05. The molecule has 1 aromatic heterocycles. The number of rotatable bonds is 11. The lowest BCUT2D eigenvalue weighted by atomic mass is 9.95. The number of likely N-dealkylation sites (tertiary alicyclic amines) is 1. The van der Waals surface area contributed by atoms with E-state index < -0.39 is 17.4 Å². The molecule has 3 aromatic rings. The summed E-state index contributed by atoms with van der Waals surface area (Å²) in [5.41, 5.74) is 0.990. The van der Waals surface area contributed by atoms with Gasteiger partial charge in [0.15, 0.2) is 0 Å². The van der Waals surface area contributed by atoms with Crippen molar-refractivity contribution in [1.29, 1.82) is 0 Å². The molecule has 2 aromatic carbocycles. The number of benzene rings is 2. The number of halogens is 2. The zero-order valence-electron chi connectivity index (χ0n) is 26.9. The van der Waals surface area contributed by atoms with E-state index in [1.807, 2.05) is 0 Å². The molecular weight excluding hydrogens is 638 g/mol.